The van der Waals surface area contributed by atoms with Gasteiger partial charge in [-0.3, -0.25) is 19.4 Å². The van der Waals surface area contributed by atoms with Crippen molar-refractivity contribution in [2.45, 2.75) is 65.5 Å². The number of benzene rings is 2. The molecule has 0 unspecified atom stereocenters. The number of pyridine rings is 1. The maximum Gasteiger partial charge on any atom is 0.295 e. The molecular formula is C47H62N8O11S. The smallest absolute Gasteiger partial charge is 0.295 e. The number of rotatable bonds is 27. The fourth-order valence-electron chi connectivity index (χ4n) is 7.02. The van der Waals surface area contributed by atoms with Gasteiger partial charge in [0.25, 0.3) is 6.01 Å². The van der Waals surface area contributed by atoms with Gasteiger partial charge in [-0.2, -0.15) is 4.98 Å². The minimum Gasteiger partial charge on any atom is -0.490 e. The highest BCUT2D eigenvalue weighted by Gasteiger charge is 2.44. The molecule has 3 amide bonds. The third-order valence-electron chi connectivity index (χ3n) is 10.5. The molecule has 5 aromatic rings. The molecule has 4 heterocycles. The first-order chi connectivity index (χ1) is 32.4. The Hall–Kier alpha value is -5.74. The molecule has 20 heteroatoms. The Balaban J connectivity index is 0.780. The Kier molecular flexibility index (Phi) is 19.2. The van der Waals surface area contributed by atoms with Crippen molar-refractivity contribution in [1.82, 2.24) is 30.5 Å². The average Bonchev–Trinajstić information content (AvgIpc) is 4.06. The number of nitrogens with one attached hydrogen (secondary N) is 3. The Labute approximate surface area is 394 Å². The number of thiazole rings is 1. The second kappa shape index (κ2) is 25.4. The van der Waals surface area contributed by atoms with Crippen molar-refractivity contribution in [2.75, 3.05) is 84.4 Å². The lowest BCUT2D eigenvalue weighted by atomic mass is 9.85. The molecule has 0 aliphatic carbocycles. The molecule has 0 spiro atoms. The number of amides is 3. The third kappa shape index (κ3) is 15.7. The summed E-state index contributed by atoms with van der Waals surface area (Å²) in [4.78, 5) is 55.8. The van der Waals surface area contributed by atoms with Crippen molar-refractivity contribution in [3.8, 4) is 21.9 Å². The Bertz CT molecular complexity index is 2320. The first kappa shape index (κ1) is 50.7. The number of aromatic nitrogens is 3. The van der Waals surface area contributed by atoms with Crippen LogP contribution in [0.4, 0.5) is 6.01 Å². The van der Waals surface area contributed by atoms with E-state index >= 15 is 0 Å². The van der Waals surface area contributed by atoms with Crippen LogP contribution in [0, 0.1) is 12.3 Å². The number of carbonyl (C=O) groups excluding carboxylic acids is 3. The molecule has 3 atom stereocenters. The van der Waals surface area contributed by atoms with E-state index in [1.165, 1.54) is 4.90 Å². The molecule has 0 bridgehead atoms. The largest absolute Gasteiger partial charge is 0.490 e. The van der Waals surface area contributed by atoms with Gasteiger partial charge in [-0.05, 0) is 47.7 Å². The minimum absolute atomic E-state index is 0.0171. The van der Waals surface area contributed by atoms with Crippen LogP contribution < -0.4 is 31.2 Å². The predicted octanol–water partition coefficient (Wildman–Crippen LogP) is 3.86. The quantitative estimate of drug-likeness (QED) is 0.0470. The zero-order chi connectivity index (χ0) is 47.6. The van der Waals surface area contributed by atoms with Crippen LogP contribution in [0.25, 0.3) is 21.5 Å². The van der Waals surface area contributed by atoms with Crippen LogP contribution in [0.3, 0.4) is 0 Å². The van der Waals surface area contributed by atoms with E-state index in [1.807, 2.05) is 75.7 Å². The van der Waals surface area contributed by atoms with Crippen molar-refractivity contribution < 1.29 is 52.3 Å². The summed E-state index contributed by atoms with van der Waals surface area (Å²) < 4.78 is 39.4. The molecule has 6 rings (SSSR count). The predicted molar refractivity (Wildman–Crippen MR) is 251 cm³/mol. The summed E-state index contributed by atoms with van der Waals surface area (Å²) in [5.74, 6) is -0.0443. The van der Waals surface area contributed by atoms with Gasteiger partial charge in [0.15, 0.2) is 5.58 Å². The molecule has 1 saturated heterocycles. The van der Waals surface area contributed by atoms with E-state index in [2.05, 4.69) is 30.9 Å². The number of nitrogens with two attached hydrogens (primary N) is 1. The topological polar surface area (TPSA) is 244 Å². The van der Waals surface area contributed by atoms with Gasteiger partial charge in [0.2, 0.25) is 17.7 Å². The van der Waals surface area contributed by atoms with Crippen molar-refractivity contribution in [2.24, 2.45) is 11.1 Å². The van der Waals surface area contributed by atoms with Gasteiger partial charge in [-0.1, -0.05) is 45.0 Å². The van der Waals surface area contributed by atoms with Gasteiger partial charge in [0.05, 0.1) is 80.3 Å². The van der Waals surface area contributed by atoms with Crippen LogP contribution >= 0.6 is 11.3 Å². The standard InChI is InChI=1S/C47H62N8O11S/c1-31-42(67-30-52-31)33-7-5-32(6-8-33)25-51-44(58)39-23-35(56)27-55(39)45(59)43(47(2,3)4)54-41(57)29-63-20-19-61-16-15-60-17-18-62-21-22-64-37-10-9-34(50-26-37)28-65-36-11-12-40-38(24-36)53-46(66-40)49-14-13-48/h5-12,24,26,30,35,39,43,56H,13-23,25,27-29,48H2,1-4H3,(H,49,53)(H,51,58)(H,54,57)/t35-,39+,43-/m1/s1. The molecular weight excluding hydrogens is 885 g/mol. The van der Waals surface area contributed by atoms with Crippen LogP contribution in [-0.4, -0.2) is 140 Å². The Morgan fingerprint density at radius 3 is 2.27 bits per heavy atom. The molecule has 362 valence electrons. The van der Waals surface area contributed by atoms with E-state index < -0.39 is 35.4 Å². The number of fused-ring (bicyclic) bond motifs is 1. The van der Waals surface area contributed by atoms with E-state index in [-0.39, 0.29) is 51.8 Å². The lowest BCUT2D eigenvalue weighted by Gasteiger charge is -2.35. The lowest BCUT2D eigenvalue weighted by Crippen LogP contribution is -2.58. The van der Waals surface area contributed by atoms with E-state index in [4.69, 9.17) is 38.6 Å². The Morgan fingerprint density at radius 1 is 0.910 bits per heavy atom. The molecule has 67 heavy (non-hydrogen) atoms. The highest BCUT2D eigenvalue weighted by Crippen LogP contribution is 2.29. The van der Waals surface area contributed by atoms with Crippen molar-refractivity contribution in [3.05, 3.63) is 83.3 Å². The molecule has 2 aromatic carbocycles. The number of likely N-dealkylation sites (tertiary alicyclic amines) is 1. The zero-order valence-electron chi connectivity index (χ0n) is 38.5. The van der Waals surface area contributed by atoms with Gasteiger partial charge in [-0.25, -0.2) is 4.98 Å². The number of aliphatic hydroxyl groups is 1. The van der Waals surface area contributed by atoms with Gasteiger partial charge in [-0.15, -0.1) is 11.3 Å². The number of ether oxygens (including phenoxy) is 6. The number of β-amino-alcohol motifs (C(OH)–C–C–N with tert-alkyl or cyclic N) is 1. The second-order valence-corrected chi connectivity index (χ2v) is 17.7. The SMILES string of the molecule is Cc1ncsc1-c1ccc(CNC(=O)[C@@H]2C[C@@H](O)CN2C(=O)[C@@H](NC(=O)COCCOCCOCCOCCOc2ccc(COc3ccc4oc(NCCN)nc4c3)nc2)C(C)(C)C)cc1. The molecule has 0 radical (unpaired) electrons. The van der Waals surface area contributed by atoms with E-state index in [0.29, 0.717) is 81.3 Å². The monoisotopic (exact) mass is 946 g/mol. The van der Waals surface area contributed by atoms with E-state index in [1.54, 1.807) is 29.7 Å². The number of anilines is 1. The van der Waals surface area contributed by atoms with Crippen molar-refractivity contribution in [1.29, 1.82) is 0 Å². The third-order valence-corrected chi connectivity index (χ3v) is 11.5. The summed E-state index contributed by atoms with van der Waals surface area (Å²) in [6, 6.07) is 15.5. The fraction of sp³-hybridized carbons (Fsp3) is 0.489. The zero-order valence-corrected chi connectivity index (χ0v) is 39.3. The van der Waals surface area contributed by atoms with Crippen LogP contribution in [0.15, 0.2) is 70.7 Å². The van der Waals surface area contributed by atoms with Crippen LogP contribution in [0.5, 0.6) is 11.5 Å². The summed E-state index contributed by atoms with van der Waals surface area (Å²) in [6.45, 7) is 11.3. The fourth-order valence-corrected chi connectivity index (χ4v) is 7.83. The first-order valence-electron chi connectivity index (χ1n) is 22.3. The highest BCUT2D eigenvalue weighted by atomic mass is 32.1. The van der Waals surface area contributed by atoms with Crippen molar-refractivity contribution >= 4 is 46.2 Å². The summed E-state index contributed by atoms with van der Waals surface area (Å²) in [7, 11) is 0. The molecule has 1 aliphatic rings. The van der Waals surface area contributed by atoms with E-state index in [9.17, 15) is 19.5 Å². The average molecular weight is 947 g/mol. The van der Waals surface area contributed by atoms with Gasteiger partial charge >= 0.3 is 0 Å². The lowest BCUT2D eigenvalue weighted by molar-refractivity contribution is -0.144. The number of oxazole rings is 1. The normalized spacial score (nSPS) is 15.4. The number of aliphatic hydroxyl groups excluding tert-OH is 1. The number of hydrogen-bond donors (Lipinski definition) is 5. The maximum absolute atomic E-state index is 13.9. The molecule has 3 aromatic heterocycles. The van der Waals surface area contributed by atoms with Crippen LogP contribution in [-0.2, 0) is 46.5 Å². The molecule has 0 saturated carbocycles. The summed E-state index contributed by atoms with van der Waals surface area (Å²) >= 11 is 1.57. The number of aryl methyl sites for hydroxylation is 1. The molecule has 19 nitrogen and oxygen atoms in total. The number of nitrogens with zero attached hydrogens (tertiary/aromatic N) is 4. The Morgan fingerprint density at radius 2 is 1.61 bits per heavy atom. The highest BCUT2D eigenvalue weighted by molar-refractivity contribution is 7.13. The number of hydrogen-bond acceptors (Lipinski definition) is 17. The molecule has 1 fully saturated rings. The summed E-state index contributed by atoms with van der Waals surface area (Å²) in [5.41, 5.74) is 11.6. The minimum atomic E-state index is -0.964. The molecule has 6 N–H and O–H groups in total. The van der Waals surface area contributed by atoms with Gasteiger partial charge < -0.3 is 64.5 Å². The number of carbonyl (C=O) groups is 3. The van der Waals surface area contributed by atoms with Crippen LogP contribution in [0.1, 0.15) is 44.1 Å². The van der Waals surface area contributed by atoms with Crippen LogP contribution in [0.2, 0.25) is 0 Å². The summed E-state index contributed by atoms with van der Waals surface area (Å²) in [5, 5.41) is 19.2. The first-order valence-corrected chi connectivity index (χ1v) is 23.2. The maximum atomic E-state index is 13.9. The van der Waals surface area contributed by atoms with E-state index in [0.717, 1.165) is 27.4 Å². The molecule has 1 aliphatic heterocycles. The van der Waals surface area contributed by atoms with Crippen molar-refractivity contribution in [3.63, 3.8) is 0 Å². The second-order valence-electron chi connectivity index (χ2n) is 16.8. The van der Waals surface area contributed by atoms with Gasteiger partial charge in [0, 0.05) is 38.7 Å². The summed E-state index contributed by atoms with van der Waals surface area (Å²) in [6.07, 6.45) is 0.863. The van der Waals surface area contributed by atoms with Gasteiger partial charge in [0.1, 0.15) is 48.9 Å².